The predicted molar refractivity (Wildman–Crippen MR) is 69.6 cm³/mol. The highest BCUT2D eigenvalue weighted by molar-refractivity contribution is 5.73. The molecule has 0 fully saturated rings. The molecule has 2 aromatic rings. The number of alkyl halides is 6. The largest absolute Gasteiger partial charge is 0.490 e. The number of nitrogens with one attached hydrogen (secondary N) is 1. The van der Waals surface area contributed by atoms with E-state index in [0.717, 1.165) is 18.0 Å². The lowest BCUT2D eigenvalue weighted by molar-refractivity contribution is -0.192. The lowest BCUT2D eigenvalue weighted by atomic mass is 10.3. The van der Waals surface area contributed by atoms with Gasteiger partial charge in [-0.25, -0.2) is 14.5 Å². The van der Waals surface area contributed by atoms with Crippen LogP contribution in [0, 0.1) is 0 Å². The molecule has 0 bridgehead atoms. The number of carbonyl (C=O) groups is 1. The molecule has 0 spiro atoms. The van der Waals surface area contributed by atoms with Crippen LogP contribution in [0.3, 0.4) is 0 Å². The molecule has 0 amide bonds. The Morgan fingerprint density at radius 2 is 1.75 bits per heavy atom. The molecule has 0 aliphatic rings. The van der Waals surface area contributed by atoms with Gasteiger partial charge in [0.2, 0.25) is 0 Å². The Morgan fingerprint density at radius 1 is 1.17 bits per heavy atom. The minimum atomic E-state index is -5.08. The van der Waals surface area contributed by atoms with E-state index in [0.29, 0.717) is 5.69 Å². The lowest BCUT2D eigenvalue weighted by Crippen LogP contribution is -2.21. The summed E-state index contributed by atoms with van der Waals surface area (Å²) in [5.41, 5.74) is 0.326. The van der Waals surface area contributed by atoms with E-state index in [1.165, 1.54) is 10.7 Å². The molecular formula is C12H10F6N4O2. The van der Waals surface area contributed by atoms with E-state index in [4.69, 9.17) is 9.90 Å². The fourth-order valence-corrected chi connectivity index (χ4v) is 1.28. The molecule has 0 saturated heterocycles. The van der Waals surface area contributed by atoms with E-state index in [1.807, 2.05) is 0 Å². The lowest BCUT2D eigenvalue weighted by Gasteiger charge is -2.06. The SMILES string of the molecule is CNc1cnn(-c2ccc(C(F)(F)F)nc2)c1.O=C(O)C(F)(F)F. The van der Waals surface area contributed by atoms with Crippen LogP contribution < -0.4 is 5.32 Å². The summed E-state index contributed by atoms with van der Waals surface area (Å²) in [6.45, 7) is 0. The summed E-state index contributed by atoms with van der Waals surface area (Å²) in [7, 11) is 1.73. The molecule has 132 valence electrons. The Kier molecular flexibility index (Phi) is 5.77. The summed E-state index contributed by atoms with van der Waals surface area (Å²) in [6.07, 6.45) is -5.14. The van der Waals surface area contributed by atoms with Crippen LogP contribution in [-0.2, 0) is 11.0 Å². The van der Waals surface area contributed by atoms with Gasteiger partial charge in [-0.05, 0) is 12.1 Å². The van der Waals surface area contributed by atoms with Crippen LogP contribution in [0.4, 0.5) is 32.0 Å². The molecule has 0 saturated carbocycles. The van der Waals surface area contributed by atoms with E-state index >= 15 is 0 Å². The Morgan fingerprint density at radius 3 is 2.08 bits per heavy atom. The first-order valence-corrected chi connectivity index (χ1v) is 6.01. The van der Waals surface area contributed by atoms with Gasteiger partial charge in [-0.3, -0.25) is 0 Å². The van der Waals surface area contributed by atoms with Crippen molar-refractivity contribution in [2.45, 2.75) is 12.4 Å². The highest BCUT2D eigenvalue weighted by Crippen LogP contribution is 2.27. The van der Waals surface area contributed by atoms with E-state index in [1.54, 1.807) is 19.4 Å². The molecule has 2 N–H and O–H groups in total. The number of carboxylic acid groups (broad SMARTS) is 1. The number of anilines is 1. The molecule has 0 atom stereocenters. The zero-order chi connectivity index (χ0) is 18.5. The summed E-state index contributed by atoms with van der Waals surface area (Å²) in [5.74, 6) is -2.76. The molecule has 0 aliphatic heterocycles. The van der Waals surface area contributed by atoms with Crippen molar-refractivity contribution in [3.63, 3.8) is 0 Å². The van der Waals surface area contributed by atoms with Gasteiger partial charge >= 0.3 is 18.3 Å². The van der Waals surface area contributed by atoms with Gasteiger partial charge in [-0.1, -0.05) is 0 Å². The highest BCUT2D eigenvalue weighted by atomic mass is 19.4. The van der Waals surface area contributed by atoms with Crippen LogP contribution in [0.2, 0.25) is 0 Å². The smallest absolute Gasteiger partial charge is 0.475 e. The van der Waals surface area contributed by atoms with E-state index in [2.05, 4.69) is 15.4 Å². The maximum absolute atomic E-state index is 12.3. The van der Waals surface area contributed by atoms with Crippen LogP contribution in [0.25, 0.3) is 5.69 Å². The minimum Gasteiger partial charge on any atom is -0.475 e. The van der Waals surface area contributed by atoms with Crippen molar-refractivity contribution in [2.24, 2.45) is 0 Å². The van der Waals surface area contributed by atoms with Crippen molar-refractivity contribution < 1.29 is 36.2 Å². The monoisotopic (exact) mass is 356 g/mol. The average molecular weight is 356 g/mol. The molecular weight excluding hydrogens is 346 g/mol. The number of carboxylic acids is 1. The maximum atomic E-state index is 12.3. The van der Waals surface area contributed by atoms with Crippen LogP contribution in [-0.4, -0.2) is 39.1 Å². The zero-order valence-electron chi connectivity index (χ0n) is 11.9. The van der Waals surface area contributed by atoms with Gasteiger partial charge in [0.05, 0.1) is 30.0 Å². The van der Waals surface area contributed by atoms with Crippen molar-refractivity contribution in [3.8, 4) is 5.69 Å². The third-order valence-corrected chi connectivity index (χ3v) is 2.42. The standard InChI is InChI=1S/C10H9F3N4.C2HF3O2/c1-14-7-4-16-17(6-7)8-2-3-9(15-5-8)10(11,12)13;3-2(4,5)1(6)7/h2-6,14H,1H3;(H,6,7). The molecule has 24 heavy (non-hydrogen) atoms. The number of rotatable bonds is 2. The number of aliphatic carboxylic acids is 1. The van der Waals surface area contributed by atoms with Crippen molar-refractivity contribution in [1.82, 2.24) is 14.8 Å². The summed E-state index contributed by atoms with van der Waals surface area (Å²) < 4.78 is 70.0. The normalized spacial score (nSPS) is 11.5. The van der Waals surface area contributed by atoms with Gasteiger partial charge in [0.1, 0.15) is 5.69 Å². The molecule has 6 nitrogen and oxygen atoms in total. The first-order chi connectivity index (χ1) is 10.9. The number of nitrogens with zero attached hydrogens (tertiary/aromatic N) is 3. The second-order valence-electron chi connectivity index (χ2n) is 4.13. The number of aromatic nitrogens is 3. The topological polar surface area (TPSA) is 80.0 Å². The number of hydrogen-bond acceptors (Lipinski definition) is 4. The van der Waals surface area contributed by atoms with Crippen LogP contribution in [0.15, 0.2) is 30.7 Å². The molecule has 2 rings (SSSR count). The number of pyridine rings is 1. The first kappa shape index (κ1) is 19.3. The second-order valence-corrected chi connectivity index (χ2v) is 4.13. The van der Waals surface area contributed by atoms with Gasteiger partial charge < -0.3 is 10.4 Å². The second kappa shape index (κ2) is 7.19. The quantitative estimate of drug-likeness (QED) is 0.809. The highest BCUT2D eigenvalue weighted by Gasteiger charge is 2.38. The van der Waals surface area contributed by atoms with Gasteiger partial charge in [-0.15, -0.1) is 0 Å². The maximum Gasteiger partial charge on any atom is 0.490 e. The Bertz CT molecular complexity index is 678. The number of hydrogen-bond donors (Lipinski definition) is 2. The van der Waals surface area contributed by atoms with Crippen molar-refractivity contribution >= 4 is 11.7 Å². The summed E-state index contributed by atoms with van der Waals surface area (Å²) >= 11 is 0. The van der Waals surface area contributed by atoms with Crippen LogP contribution >= 0.6 is 0 Å². The summed E-state index contributed by atoms with van der Waals surface area (Å²) in [5, 5.41) is 14.0. The minimum absolute atomic E-state index is 0.472. The van der Waals surface area contributed by atoms with Gasteiger partial charge in [0, 0.05) is 7.05 Å². The third kappa shape index (κ3) is 5.44. The first-order valence-electron chi connectivity index (χ1n) is 6.01. The fraction of sp³-hybridized carbons (Fsp3) is 0.250. The number of halogens is 6. The Hall–Kier alpha value is -2.79. The molecule has 2 aromatic heterocycles. The van der Waals surface area contributed by atoms with Gasteiger partial charge in [0.15, 0.2) is 0 Å². The van der Waals surface area contributed by atoms with Crippen molar-refractivity contribution in [1.29, 1.82) is 0 Å². The summed E-state index contributed by atoms with van der Waals surface area (Å²) in [4.78, 5) is 12.3. The molecule has 12 heteroatoms. The molecule has 2 heterocycles. The van der Waals surface area contributed by atoms with Crippen LogP contribution in [0.5, 0.6) is 0 Å². The van der Waals surface area contributed by atoms with E-state index in [9.17, 15) is 26.3 Å². The third-order valence-electron chi connectivity index (χ3n) is 2.42. The molecule has 0 unspecified atom stereocenters. The van der Waals surface area contributed by atoms with Crippen molar-refractivity contribution in [2.75, 3.05) is 12.4 Å². The van der Waals surface area contributed by atoms with Crippen molar-refractivity contribution in [3.05, 3.63) is 36.4 Å². The van der Waals surface area contributed by atoms with E-state index in [-0.39, 0.29) is 0 Å². The Balaban J connectivity index is 0.000000351. The molecule has 0 radical (unpaired) electrons. The molecule has 0 aliphatic carbocycles. The fourth-order valence-electron chi connectivity index (χ4n) is 1.28. The van der Waals surface area contributed by atoms with Gasteiger partial charge in [-0.2, -0.15) is 31.4 Å². The summed E-state index contributed by atoms with van der Waals surface area (Å²) in [6, 6.07) is 2.25. The van der Waals surface area contributed by atoms with E-state index < -0.39 is 24.0 Å². The molecule has 0 aromatic carbocycles. The van der Waals surface area contributed by atoms with Gasteiger partial charge in [0.25, 0.3) is 0 Å². The Labute approximate surface area is 130 Å². The van der Waals surface area contributed by atoms with Crippen LogP contribution in [0.1, 0.15) is 5.69 Å². The average Bonchev–Trinajstić information content (AvgIpc) is 2.95. The zero-order valence-corrected chi connectivity index (χ0v) is 11.9. The predicted octanol–water partition coefficient (Wildman–Crippen LogP) is 2.96.